The Morgan fingerprint density at radius 1 is 1.57 bits per heavy atom. The van der Waals surface area contributed by atoms with Crippen molar-refractivity contribution in [1.82, 2.24) is 4.90 Å². The smallest absolute Gasteiger partial charge is 0.263 e. The Bertz CT molecular complexity index is 538. The lowest BCUT2D eigenvalue weighted by molar-refractivity contribution is -0.139. The van der Waals surface area contributed by atoms with Gasteiger partial charge in [0.2, 0.25) is 0 Å². The first kappa shape index (κ1) is 16.0. The van der Waals surface area contributed by atoms with E-state index < -0.39 is 6.10 Å². The number of nitrogens with two attached hydrogens (primary N) is 1. The quantitative estimate of drug-likeness (QED) is 0.864. The van der Waals surface area contributed by atoms with Crippen molar-refractivity contribution >= 4 is 34.7 Å². The van der Waals surface area contributed by atoms with Gasteiger partial charge in [-0.2, -0.15) is 0 Å². The molecule has 4 nitrogen and oxygen atoms in total. The minimum absolute atomic E-state index is 0.0454. The molecule has 1 aromatic carbocycles. The summed E-state index contributed by atoms with van der Waals surface area (Å²) in [5.41, 5.74) is 5.69. The number of carbonyl (C=O) groups is 1. The van der Waals surface area contributed by atoms with Crippen LogP contribution in [0.5, 0.6) is 5.75 Å². The Morgan fingerprint density at radius 2 is 2.33 bits per heavy atom. The molecule has 2 atom stereocenters. The number of benzene rings is 1. The average Bonchev–Trinajstić information content (AvgIpc) is 2.46. The van der Waals surface area contributed by atoms with Crippen molar-refractivity contribution in [3.8, 4) is 5.75 Å². The van der Waals surface area contributed by atoms with Gasteiger partial charge < -0.3 is 15.4 Å². The number of thiocarbonyl (C=S) groups is 1. The minimum atomic E-state index is -0.562. The average molecular weight is 327 g/mol. The monoisotopic (exact) mass is 326 g/mol. The van der Waals surface area contributed by atoms with E-state index >= 15 is 0 Å². The molecule has 1 heterocycles. The summed E-state index contributed by atoms with van der Waals surface area (Å²) in [6.45, 7) is 3.05. The molecule has 0 aromatic heterocycles. The van der Waals surface area contributed by atoms with Crippen LogP contribution in [-0.4, -0.2) is 35.0 Å². The minimum Gasteiger partial charge on any atom is -0.481 e. The summed E-state index contributed by atoms with van der Waals surface area (Å²) in [4.78, 5) is 14.7. The predicted octanol–water partition coefficient (Wildman–Crippen LogP) is 2.63. The zero-order valence-electron chi connectivity index (χ0n) is 11.9. The van der Waals surface area contributed by atoms with Crippen LogP contribution in [0.3, 0.4) is 0 Å². The third-order valence-electron chi connectivity index (χ3n) is 3.59. The molecule has 0 spiro atoms. The largest absolute Gasteiger partial charge is 0.481 e. The third-order valence-corrected chi connectivity index (χ3v) is 4.16. The normalized spacial score (nSPS) is 19.9. The van der Waals surface area contributed by atoms with E-state index in [0.29, 0.717) is 22.3 Å². The van der Waals surface area contributed by atoms with Crippen LogP contribution < -0.4 is 10.5 Å². The number of halogens is 1. The second-order valence-corrected chi connectivity index (χ2v) is 6.15. The fourth-order valence-corrected chi connectivity index (χ4v) is 2.83. The third kappa shape index (κ3) is 4.32. The number of hydrogen-bond acceptors (Lipinski definition) is 3. The van der Waals surface area contributed by atoms with Crippen molar-refractivity contribution in [2.45, 2.75) is 25.9 Å². The highest BCUT2D eigenvalue weighted by molar-refractivity contribution is 7.80. The Kier molecular flexibility index (Phi) is 5.42. The number of piperidine rings is 1. The van der Waals surface area contributed by atoms with Crippen LogP contribution in [0.2, 0.25) is 5.02 Å². The van der Waals surface area contributed by atoms with E-state index in [1.54, 1.807) is 36.1 Å². The van der Waals surface area contributed by atoms with Gasteiger partial charge in [-0.25, -0.2) is 0 Å². The van der Waals surface area contributed by atoms with Crippen LogP contribution in [0.1, 0.15) is 19.8 Å². The number of rotatable bonds is 4. The Morgan fingerprint density at radius 3 is 3.00 bits per heavy atom. The first-order chi connectivity index (χ1) is 9.97. The van der Waals surface area contributed by atoms with Gasteiger partial charge in [-0.1, -0.05) is 29.9 Å². The van der Waals surface area contributed by atoms with Gasteiger partial charge in [-0.3, -0.25) is 4.79 Å². The molecular formula is C15H19ClN2O2S. The van der Waals surface area contributed by atoms with E-state index in [0.717, 1.165) is 19.4 Å². The van der Waals surface area contributed by atoms with E-state index in [-0.39, 0.29) is 11.8 Å². The second-order valence-electron chi connectivity index (χ2n) is 5.24. The SMILES string of the molecule is CC(Oc1cccc(Cl)c1)C(=O)N1CCCC(C(N)=S)C1. The molecule has 1 aromatic rings. The molecule has 0 bridgehead atoms. The lowest BCUT2D eigenvalue weighted by Gasteiger charge is -2.33. The number of carbonyl (C=O) groups excluding carboxylic acids is 1. The van der Waals surface area contributed by atoms with Gasteiger partial charge in [0, 0.05) is 24.0 Å². The van der Waals surface area contributed by atoms with Crippen molar-refractivity contribution in [3.63, 3.8) is 0 Å². The lowest BCUT2D eigenvalue weighted by atomic mass is 9.98. The lowest BCUT2D eigenvalue weighted by Crippen LogP contribution is -2.48. The topological polar surface area (TPSA) is 55.6 Å². The van der Waals surface area contributed by atoms with Gasteiger partial charge in [-0.05, 0) is 38.0 Å². The van der Waals surface area contributed by atoms with Crippen molar-refractivity contribution < 1.29 is 9.53 Å². The number of ether oxygens (including phenoxy) is 1. The molecule has 114 valence electrons. The molecule has 1 aliphatic rings. The molecule has 2 N–H and O–H groups in total. The number of likely N-dealkylation sites (tertiary alicyclic amines) is 1. The highest BCUT2D eigenvalue weighted by Crippen LogP contribution is 2.21. The number of hydrogen-bond donors (Lipinski definition) is 1. The molecule has 0 aliphatic carbocycles. The Hall–Kier alpha value is -1.33. The van der Waals surface area contributed by atoms with Crippen molar-refractivity contribution in [2.24, 2.45) is 11.7 Å². The summed E-state index contributed by atoms with van der Waals surface area (Å²) in [5, 5.41) is 0.582. The molecule has 2 rings (SSSR count). The van der Waals surface area contributed by atoms with Gasteiger partial charge in [0.15, 0.2) is 6.10 Å². The van der Waals surface area contributed by atoms with Crippen LogP contribution in [0.25, 0.3) is 0 Å². The number of nitrogens with zero attached hydrogens (tertiary/aromatic N) is 1. The first-order valence-corrected chi connectivity index (χ1v) is 7.76. The summed E-state index contributed by atoms with van der Waals surface area (Å²) >= 11 is 10.9. The molecule has 1 saturated heterocycles. The van der Waals surface area contributed by atoms with Crippen LogP contribution in [0.4, 0.5) is 0 Å². The Balaban J connectivity index is 1.97. The number of amides is 1. The van der Waals surface area contributed by atoms with E-state index in [9.17, 15) is 4.79 Å². The molecule has 0 radical (unpaired) electrons. The fraction of sp³-hybridized carbons (Fsp3) is 0.467. The van der Waals surface area contributed by atoms with E-state index in [1.165, 1.54) is 0 Å². The maximum Gasteiger partial charge on any atom is 0.263 e. The maximum atomic E-state index is 12.4. The van der Waals surface area contributed by atoms with Gasteiger partial charge in [0.25, 0.3) is 5.91 Å². The Labute approximate surface area is 135 Å². The second kappa shape index (κ2) is 7.09. The van der Waals surface area contributed by atoms with E-state index in [1.807, 2.05) is 0 Å². The van der Waals surface area contributed by atoms with Crippen LogP contribution in [-0.2, 0) is 4.79 Å². The van der Waals surface area contributed by atoms with Crippen LogP contribution in [0, 0.1) is 5.92 Å². The molecular weight excluding hydrogens is 308 g/mol. The molecule has 2 unspecified atom stereocenters. The molecule has 1 fully saturated rings. The molecule has 1 amide bonds. The predicted molar refractivity (Wildman–Crippen MR) is 87.6 cm³/mol. The first-order valence-electron chi connectivity index (χ1n) is 6.97. The van der Waals surface area contributed by atoms with E-state index in [2.05, 4.69) is 0 Å². The van der Waals surface area contributed by atoms with Gasteiger partial charge in [0.1, 0.15) is 5.75 Å². The van der Waals surface area contributed by atoms with Crippen LogP contribution >= 0.6 is 23.8 Å². The standard InChI is InChI=1S/C15H19ClN2O2S/c1-10(20-13-6-2-5-12(16)8-13)15(19)18-7-3-4-11(9-18)14(17)21/h2,5-6,8,10-11H,3-4,7,9H2,1H3,(H2,17,21). The molecule has 21 heavy (non-hydrogen) atoms. The van der Waals surface area contributed by atoms with Gasteiger partial charge in [-0.15, -0.1) is 0 Å². The summed E-state index contributed by atoms with van der Waals surface area (Å²) in [6.07, 6.45) is 1.30. The van der Waals surface area contributed by atoms with Gasteiger partial charge in [0.05, 0.1) is 4.99 Å². The van der Waals surface area contributed by atoms with Gasteiger partial charge >= 0.3 is 0 Å². The molecule has 6 heteroatoms. The summed E-state index contributed by atoms with van der Waals surface area (Å²) in [6, 6.07) is 7.03. The zero-order valence-corrected chi connectivity index (χ0v) is 13.5. The van der Waals surface area contributed by atoms with Crippen molar-refractivity contribution in [2.75, 3.05) is 13.1 Å². The highest BCUT2D eigenvalue weighted by atomic mass is 35.5. The van der Waals surface area contributed by atoms with Crippen molar-refractivity contribution in [1.29, 1.82) is 0 Å². The summed E-state index contributed by atoms with van der Waals surface area (Å²) < 4.78 is 5.67. The summed E-state index contributed by atoms with van der Waals surface area (Å²) in [5.74, 6) is 0.651. The molecule has 1 aliphatic heterocycles. The molecule has 0 saturated carbocycles. The van der Waals surface area contributed by atoms with Crippen LogP contribution in [0.15, 0.2) is 24.3 Å². The summed E-state index contributed by atoms with van der Waals surface area (Å²) in [7, 11) is 0. The fourth-order valence-electron chi connectivity index (χ4n) is 2.46. The van der Waals surface area contributed by atoms with Crippen molar-refractivity contribution in [3.05, 3.63) is 29.3 Å². The van der Waals surface area contributed by atoms with E-state index in [4.69, 9.17) is 34.3 Å². The zero-order chi connectivity index (χ0) is 15.4. The maximum absolute atomic E-state index is 12.4. The highest BCUT2D eigenvalue weighted by Gasteiger charge is 2.28.